The molecule has 1 N–H and O–H groups in total. The van der Waals surface area contributed by atoms with E-state index in [1.54, 1.807) is 7.11 Å². The van der Waals surface area contributed by atoms with E-state index in [1.807, 2.05) is 46.0 Å². The first-order chi connectivity index (χ1) is 9.56. The second-order valence-corrected chi connectivity index (χ2v) is 4.93. The van der Waals surface area contributed by atoms with E-state index in [2.05, 4.69) is 15.3 Å². The van der Waals surface area contributed by atoms with Crippen molar-refractivity contribution in [3.8, 4) is 17.1 Å². The Morgan fingerprint density at radius 2 is 1.75 bits per heavy atom. The Balaban J connectivity index is 2.54. The number of hydrogen-bond donors (Lipinski definition) is 1. The minimum absolute atomic E-state index is 0.719. The lowest BCUT2D eigenvalue weighted by atomic mass is 10.1. The number of rotatable bonds is 4. The summed E-state index contributed by atoms with van der Waals surface area (Å²) >= 11 is 0. The maximum absolute atomic E-state index is 5.45. The highest BCUT2D eigenvalue weighted by atomic mass is 16.5. The molecule has 20 heavy (non-hydrogen) atoms. The van der Waals surface area contributed by atoms with Gasteiger partial charge in [-0.3, -0.25) is 0 Å². The summed E-state index contributed by atoms with van der Waals surface area (Å²) in [5, 5.41) is 3.15. The lowest BCUT2D eigenvalue weighted by Gasteiger charge is -2.13. The largest absolute Gasteiger partial charge is 0.496 e. The highest BCUT2D eigenvalue weighted by molar-refractivity contribution is 5.65. The second kappa shape index (κ2) is 6.01. The molecule has 2 aromatic rings. The molecule has 1 heterocycles. The standard InChI is InChI=1S/C16H21N3O/c1-10-6-7-13(15(8-10)20-5)16-18-11(2)14(9-17-4)12(3)19-16/h6-8,17H,9H2,1-5H3. The topological polar surface area (TPSA) is 47.0 Å². The molecular weight excluding hydrogens is 250 g/mol. The zero-order chi connectivity index (χ0) is 14.7. The maximum Gasteiger partial charge on any atom is 0.163 e. The van der Waals surface area contributed by atoms with Crippen LogP contribution in [0.25, 0.3) is 11.4 Å². The number of benzene rings is 1. The molecule has 4 heteroatoms. The molecule has 0 saturated heterocycles. The van der Waals surface area contributed by atoms with Gasteiger partial charge in [-0.25, -0.2) is 9.97 Å². The van der Waals surface area contributed by atoms with Gasteiger partial charge in [0.2, 0.25) is 0 Å². The third-order valence-electron chi connectivity index (χ3n) is 3.37. The number of nitrogens with zero attached hydrogens (tertiary/aromatic N) is 2. The first kappa shape index (κ1) is 14.5. The summed E-state index contributed by atoms with van der Waals surface area (Å²) in [6, 6.07) is 6.07. The van der Waals surface area contributed by atoms with E-state index in [0.29, 0.717) is 0 Å². The van der Waals surface area contributed by atoms with Crippen LogP contribution in [0.15, 0.2) is 18.2 Å². The Kier molecular flexibility index (Phi) is 4.35. The van der Waals surface area contributed by atoms with Crippen LogP contribution < -0.4 is 10.1 Å². The van der Waals surface area contributed by atoms with Gasteiger partial charge in [-0.2, -0.15) is 0 Å². The molecule has 0 unspecified atom stereocenters. The summed E-state index contributed by atoms with van der Waals surface area (Å²) in [6.07, 6.45) is 0. The Bertz CT molecular complexity index is 600. The van der Waals surface area contributed by atoms with Gasteiger partial charge in [0.25, 0.3) is 0 Å². The van der Waals surface area contributed by atoms with Crippen molar-refractivity contribution >= 4 is 0 Å². The predicted octanol–water partition coefficient (Wildman–Crippen LogP) is 2.80. The van der Waals surface area contributed by atoms with Gasteiger partial charge < -0.3 is 10.1 Å². The molecule has 1 aromatic heterocycles. The summed E-state index contributed by atoms with van der Waals surface area (Å²) in [7, 11) is 3.60. The van der Waals surface area contributed by atoms with Crippen LogP contribution in [0, 0.1) is 20.8 Å². The summed E-state index contributed by atoms with van der Waals surface area (Å²) in [5.74, 6) is 1.53. The smallest absolute Gasteiger partial charge is 0.163 e. The van der Waals surface area contributed by atoms with E-state index in [4.69, 9.17) is 4.74 Å². The summed E-state index contributed by atoms with van der Waals surface area (Å²) in [6.45, 7) is 6.86. The summed E-state index contributed by atoms with van der Waals surface area (Å²) in [4.78, 5) is 9.26. The van der Waals surface area contributed by atoms with Crippen LogP contribution in [0.5, 0.6) is 5.75 Å². The Labute approximate surface area is 120 Å². The van der Waals surface area contributed by atoms with Crippen LogP contribution in [0.3, 0.4) is 0 Å². The SMILES string of the molecule is CNCc1c(C)nc(-c2ccc(C)cc2OC)nc1C. The number of hydrogen-bond acceptors (Lipinski definition) is 4. The Morgan fingerprint density at radius 3 is 2.30 bits per heavy atom. The van der Waals surface area contributed by atoms with Gasteiger partial charge in [-0.1, -0.05) is 6.07 Å². The fraction of sp³-hybridized carbons (Fsp3) is 0.375. The van der Waals surface area contributed by atoms with Crippen molar-refractivity contribution in [2.24, 2.45) is 0 Å². The van der Waals surface area contributed by atoms with Gasteiger partial charge in [0.15, 0.2) is 5.82 Å². The van der Waals surface area contributed by atoms with Crippen molar-refractivity contribution in [2.75, 3.05) is 14.2 Å². The molecule has 2 rings (SSSR count). The minimum Gasteiger partial charge on any atom is -0.496 e. The molecule has 4 nitrogen and oxygen atoms in total. The average Bonchev–Trinajstić information content (AvgIpc) is 2.42. The van der Waals surface area contributed by atoms with Gasteiger partial charge in [-0.15, -0.1) is 0 Å². The molecule has 0 saturated carbocycles. The fourth-order valence-electron chi connectivity index (χ4n) is 2.28. The van der Waals surface area contributed by atoms with Gasteiger partial charge in [0, 0.05) is 23.5 Å². The lowest BCUT2D eigenvalue weighted by molar-refractivity contribution is 0.416. The predicted molar refractivity (Wildman–Crippen MR) is 81.0 cm³/mol. The zero-order valence-corrected chi connectivity index (χ0v) is 12.7. The average molecular weight is 271 g/mol. The third-order valence-corrected chi connectivity index (χ3v) is 3.37. The fourth-order valence-corrected chi connectivity index (χ4v) is 2.28. The van der Waals surface area contributed by atoms with Crippen molar-refractivity contribution in [2.45, 2.75) is 27.3 Å². The van der Waals surface area contributed by atoms with Gasteiger partial charge in [0.1, 0.15) is 5.75 Å². The number of methoxy groups -OCH3 is 1. The quantitative estimate of drug-likeness (QED) is 0.929. The monoisotopic (exact) mass is 271 g/mol. The van der Waals surface area contributed by atoms with Gasteiger partial charge in [-0.05, 0) is 45.5 Å². The molecule has 106 valence electrons. The second-order valence-electron chi connectivity index (χ2n) is 4.93. The molecule has 0 amide bonds. The zero-order valence-electron chi connectivity index (χ0n) is 12.7. The molecule has 1 aromatic carbocycles. The van der Waals surface area contributed by atoms with E-state index < -0.39 is 0 Å². The maximum atomic E-state index is 5.45. The van der Waals surface area contributed by atoms with Crippen LogP contribution in [0.4, 0.5) is 0 Å². The van der Waals surface area contributed by atoms with Gasteiger partial charge in [0.05, 0.1) is 12.7 Å². The Hall–Kier alpha value is -1.94. The van der Waals surface area contributed by atoms with Crippen molar-refractivity contribution in [1.82, 2.24) is 15.3 Å². The first-order valence-electron chi connectivity index (χ1n) is 6.70. The van der Waals surface area contributed by atoms with E-state index in [-0.39, 0.29) is 0 Å². The van der Waals surface area contributed by atoms with Crippen molar-refractivity contribution in [3.63, 3.8) is 0 Å². The van der Waals surface area contributed by atoms with Crippen LogP contribution in [0.1, 0.15) is 22.5 Å². The first-order valence-corrected chi connectivity index (χ1v) is 6.70. The molecule has 0 spiro atoms. The van der Waals surface area contributed by atoms with Crippen molar-refractivity contribution < 1.29 is 4.74 Å². The Morgan fingerprint density at radius 1 is 1.10 bits per heavy atom. The van der Waals surface area contributed by atoms with E-state index in [1.165, 1.54) is 0 Å². The van der Waals surface area contributed by atoms with Crippen LogP contribution in [0.2, 0.25) is 0 Å². The molecule has 0 aliphatic carbocycles. The highest BCUT2D eigenvalue weighted by Crippen LogP contribution is 2.29. The normalized spacial score (nSPS) is 10.7. The van der Waals surface area contributed by atoms with E-state index in [9.17, 15) is 0 Å². The van der Waals surface area contributed by atoms with Crippen molar-refractivity contribution in [3.05, 3.63) is 40.7 Å². The number of aromatic nitrogens is 2. The molecular formula is C16H21N3O. The van der Waals surface area contributed by atoms with E-state index in [0.717, 1.165) is 46.2 Å². The van der Waals surface area contributed by atoms with E-state index >= 15 is 0 Å². The van der Waals surface area contributed by atoms with Crippen molar-refractivity contribution in [1.29, 1.82) is 0 Å². The third kappa shape index (κ3) is 2.80. The molecule has 0 aliphatic heterocycles. The summed E-state index contributed by atoms with van der Waals surface area (Å²) in [5.41, 5.74) is 5.25. The number of aryl methyl sites for hydroxylation is 3. The van der Waals surface area contributed by atoms with Crippen LogP contribution in [-0.4, -0.2) is 24.1 Å². The number of ether oxygens (including phenoxy) is 1. The molecule has 0 atom stereocenters. The minimum atomic E-state index is 0.719. The van der Waals surface area contributed by atoms with Crippen LogP contribution in [-0.2, 0) is 6.54 Å². The number of nitrogens with one attached hydrogen (secondary N) is 1. The highest BCUT2D eigenvalue weighted by Gasteiger charge is 2.13. The lowest BCUT2D eigenvalue weighted by Crippen LogP contribution is -2.11. The molecule has 0 aliphatic rings. The van der Waals surface area contributed by atoms with Crippen LogP contribution >= 0.6 is 0 Å². The molecule has 0 fully saturated rings. The molecule has 0 radical (unpaired) electrons. The van der Waals surface area contributed by atoms with Gasteiger partial charge >= 0.3 is 0 Å². The molecule has 0 bridgehead atoms. The summed E-state index contributed by atoms with van der Waals surface area (Å²) < 4.78 is 5.45.